The molecule has 0 atom stereocenters. The third-order valence-electron chi connectivity index (χ3n) is 2.54. The molecule has 18 heavy (non-hydrogen) atoms. The van der Waals surface area contributed by atoms with Crippen molar-refractivity contribution in [2.24, 2.45) is 0 Å². The zero-order valence-corrected chi connectivity index (χ0v) is 12.3. The quantitative estimate of drug-likeness (QED) is 0.304. The van der Waals surface area contributed by atoms with Crippen LogP contribution in [0.5, 0.6) is 11.5 Å². The molecule has 1 rings (SSSR count). The zero-order chi connectivity index (χ0) is 12.7. The normalized spacial score (nSPS) is 9.50. The van der Waals surface area contributed by atoms with Crippen molar-refractivity contribution in [2.45, 2.75) is 19.3 Å². The Hall–Kier alpha value is -0.483. The predicted octanol–water partition coefficient (Wildman–Crippen LogP) is 0.204. The first-order valence-electron chi connectivity index (χ1n) is 5.62. The van der Waals surface area contributed by atoms with Crippen LogP contribution in [0.25, 0.3) is 0 Å². The number of rotatable bonds is 7. The Morgan fingerprint density at radius 3 is 2.50 bits per heavy atom. The minimum atomic E-state index is 0. The van der Waals surface area contributed by atoms with Gasteiger partial charge in [0.25, 0.3) is 0 Å². The van der Waals surface area contributed by atoms with Crippen molar-refractivity contribution in [3.63, 3.8) is 0 Å². The van der Waals surface area contributed by atoms with Crippen LogP contribution >= 0.6 is 9.24 Å². The van der Waals surface area contributed by atoms with Gasteiger partial charge in [-0.05, 0) is 18.6 Å². The average molecular weight is 260 g/mol. The molecule has 0 aliphatic heterocycles. The van der Waals surface area contributed by atoms with E-state index in [-0.39, 0.29) is 24.6 Å². The zero-order valence-electron chi connectivity index (χ0n) is 11.3. The van der Waals surface area contributed by atoms with Gasteiger partial charge in [0.05, 0.1) is 19.8 Å². The van der Waals surface area contributed by atoms with Gasteiger partial charge in [0.1, 0.15) is 11.5 Å². The number of carbonyl (C=O) groups is 1. The molecule has 0 amide bonds. The van der Waals surface area contributed by atoms with Gasteiger partial charge in [0.2, 0.25) is 0 Å². The third-order valence-corrected chi connectivity index (χ3v) is 2.89. The standard InChI is InChI=1S/C13H18O3P.Li/c1-15-10-6-7-11(13(9-10)16-2)12(14)5-3-4-8-17;/h6-7,9,17H,3-5,8H2,1-2H3;/q-1;+1. The molecule has 0 spiro atoms. The van der Waals surface area contributed by atoms with Crippen molar-refractivity contribution >= 4 is 15.0 Å². The fraction of sp³-hybridized carbons (Fsp3) is 0.462. The molecule has 1 aromatic carbocycles. The number of hydrogen-bond donors (Lipinski definition) is 0. The Balaban J connectivity index is 0.00000289. The van der Waals surface area contributed by atoms with Gasteiger partial charge in [0.15, 0.2) is 5.78 Å². The Morgan fingerprint density at radius 2 is 1.94 bits per heavy atom. The molecule has 0 fully saturated rings. The predicted molar refractivity (Wildman–Crippen MR) is 70.9 cm³/mol. The summed E-state index contributed by atoms with van der Waals surface area (Å²) in [6, 6.07) is 5.27. The number of ketones is 1. The van der Waals surface area contributed by atoms with E-state index < -0.39 is 0 Å². The summed E-state index contributed by atoms with van der Waals surface area (Å²) in [4.78, 5) is 12.0. The summed E-state index contributed by atoms with van der Waals surface area (Å²) < 4.78 is 10.3. The second-order valence-electron chi connectivity index (χ2n) is 3.70. The van der Waals surface area contributed by atoms with Crippen LogP contribution in [0.15, 0.2) is 18.2 Å². The fourth-order valence-electron chi connectivity index (χ4n) is 1.57. The summed E-state index contributed by atoms with van der Waals surface area (Å²) in [5.41, 5.74) is 0.627. The van der Waals surface area contributed by atoms with Crippen LogP contribution in [0.2, 0.25) is 0 Å². The van der Waals surface area contributed by atoms with Gasteiger partial charge in [-0.25, -0.2) is 0 Å². The molecule has 5 heteroatoms. The van der Waals surface area contributed by atoms with Crippen LogP contribution in [0.3, 0.4) is 0 Å². The number of methoxy groups -OCH3 is 2. The van der Waals surface area contributed by atoms with E-state index in [4.69, 9.17) is 9.47 Å². The summed E-state index contributed by atoms with van der Waals surface area (Å²) in [6.45, 7) is 0. The van der Waals surface area contributed by atoms with Crippen molar-refractivity contribution < 1.29 is 33.1 Å². The molecule has 94 valence electrons. The molecule has 0 aliphatic carbocycles. The Morgan fingerprint density at radius 1 is 1.22 bits per heavy atom. The molecule has 0 saturated heterocycles. The van der Waals surface area contributed by atoms with Gasteiger partial charge in [-0.3, -0.25) is 4.79 Å². The van der Waals surface area contributed by atoms with Crippen molar-refractivity contribution in [1.29, 1.82) is 0 Å². The maximum absolute atomic E-state index is 12.0. The molecule has 0 saturated carbocycles. The van der Waals surface area contributed by atoms with Gasteiger partial charge < -0.3 is 18.7 Å². The second kappa shape index (κ2) is 9.45. The van der Waals surface area contributed by atoms with Gasteiger partial charge >= 0.3 is 18.9 Å². The van der Waals surface area contributed by atoms with Crippen molar-refractivity contribution in [3.05, 3.63) is 23.8 Å². The van der Waals surface area contributed by atoms with E-state index in [1.807, 2.05) is 0 Å². The Kier molecular flexibility index (Phi) is 9.19. The van der Waals surface area contributed by atoms with E-state index in [1.165, 1.54) is 0 Å². The van der Waals surface area contributed by atoms with Crippen molar-refractivity contribution in [3.8, 4) is 11.5 Å². The van der Waals surface area contributed by atoms with E-state index in [2.05, 4.69) is 9.24 Å². The smallest absolute Gasteiger partial charge is 0.558 e. The van der Waals surface area contributed by atoms with Gasteiger partial charge in [-0.2, -0.15) is 6.16 Å². The summed E-state index contributed by atoms with van der Waals surface area (Å²) in [7, 11) is 6.54. The molecule has 0 heterocycles. The van der Waals surface area contributed by atoms with Gasteiger partial charge in [-0.1, -0.05) is 6.42 Å². The molecular weight excluding hydrogens is 242 g/mol. The van der Waals surface area contributed by atoms with Crippen LogP contribution in [-0.4, -0.2) is 26.2 Å². The first-order chi connectivity index (χ1) is 8.22. The van der Waals surface area contributed by atoms with Crippen LogP contribution in [-0.2, 0) is 0 Å². The van der Waals surface area contributed by atoms with E-state index >= 15 is 0 Å². The number of hydrogen-bond acceptors (Lipinski definition) is 3. The molecule has 0 radical (unpaired) electrons. The SMILES string of the molecule is COc1ccc(C(=O)CCCC[PH-])c(OC)c1.[Li+]. The molecule has 0 aliphatic rings. The summed E-state index contributed by atoms with van der Waals surface area (Å²) in [5.74, 6) is 1.39. The summed E-state index contributed by atoms with van der Waals surface area (Å²) >= 11 is 0. The second-order valence-corrected chi connectivity index (χ2v) is 4.20. The molecule has 0 N–H and O–H groups in total. The molecule has 1 aromatic rings. The molecule has 0 unspecified atom stereocenters. The number of ether oxygens (including phenoxy) is 2. The van der Waals surface area contributed by atoms with Crippen molar-refractivity contribution in [1.82, 2.24) is 0 Å². The maximum Gasteiger partial charge on any atom is 1.00 e. The number of carbonyl (C=O) groups excluding carboxylic acids is 1. The van der Waals surface area contributed by atoms with E-state index in [0.29, 0.717) is 23.5 Å². The van der Waals surface area contributed by atoms with E-state index in [0.717, 1.165) is 19.0 Å². The fourth-order valence-corrected chi connectivity index (χ4v) is 1.82. The topological polar surface area (TPSA) is 35.5 Å². The van der Waals surface area contributed by atoms with Crippen LogP contribution in [0.1, 0.15) is 29.6 Å². The Labute approximate surface area is 123 Å². The average Bonchev–Trinajstić information content (AvgIpc) is 2.38. The van der Waals surface area contributed by atoms with E-state index in [1.54, 1.807) is 32.4 Å². The monoisotopic (exact) mass is 260 g/mol. The van der Waals surface area contributed by atoms with Gasteiger partial charge in [-0.15, -0.1) is 0 Å². The van der Waals surface area contributed by atoms with E-state index in [9.17, 15) is 4.79 Å². The first kappa shape index (κ1) is 17.5. The largest absolute Gasteiger partial charge is 1.00 e. The first-order valence-corrected chi connectivity index (χ1v) is 6.33. The third kappa shape index (κ3) is 5.02. The van der Waals surface area contributed by atoms with Crippen LogP contribution in [0.4, 0.5) is 0 Å². The maximum atomic E-state index is 12.0. The van der Waals surface area contributed by atoms with Crippen LogP contribution in [0, 0.1) is 0 Å². The molecular formula is C13H18LiO3P. The minimum absolute atomic E-state index is 0. The minimum Gasteiger partial charge on any atom is -0.558 e. The number of benzene rings is 1. The van der Waals surface area contributed by atoms with Crippen molar-refractivity contribution in [2.75, 3.05) is 20.4 Å². The molecule has 0 aromatic heterocycles. The Bertz CT molecular complexity index is 382. The summed E-state index contributed by atoms with van der Waals surface area (Å²) in [6.07, 6.45) is 3.36. The number of unbranched alkanes of at least 4 members (excludes halogenated alkanes) is 1. The number of Topliss-reactive ketones (excluding diaryl/α,β-unsaturated/α-hetero) is 1. The molecule has 3 nitrogen and oxygen atoms in total. The summed E-state index contributed by atoms with van der Waals surface area (Å²) in [5, 5.41) is 0. The molecule has 0 bridgehead atoms. The van der Waals surface area contributed by atoms with Crippen LogP contribution < -0.4 is 28.3 Å². The van der Waals surface area contributed by atoms with Gasteiger partial charge in [0, 0.05) is 12.5 Å².